The van der Waals surface area contributed by atoms with Crippen LogP contribution in [-0.2, 0) is 16.0 Å². The fraction of sp³-hybridized carbons (Fsp3) is 0.227. The van der Waals surface area contributed by atoms with E-state index in [1.807, 2.05) is 37.3 Å². The second-order valence-electron chi connectivity index (χ2n) is 6.79. The summed E-state index contributed by atoms with van der Waals surface area (Å²) in [5.74, 6) is -2.36. The Balaban J connectivity index is 1.63. The minimum atomic E-state index is -0.828. The molecule has 1 aromatic heterocycles. The average molecular weight is 413 g/mol. The molecule has 1 atom stereocenters. The van der Waals surface area contributed by atoms with Crippen molar-refractivity contribution in [1.82, 2.24) is 10.5 Å². The fourth-order valence-electron chi connectivity index (χ4n) is 2.99. The third-order valence-electron chi connectivity index (χ3n) is 4.34. The smallest absolute Gasteiger partial charge is 0.249 e. The van der Waals surface area contributed by atoms with Gasteiger partial charge in [0.15, 0.2) is 0 Å². The first-order chi connectivity index (χ1) is 14.4. The maximum Gasteiger partial charge on any atom is 0.249 e. The Morgan fingerprint density at radius 3 is 2.43 bits per heavy atom. The molecule has 3 aromatic rings. The molecule has 0 fully saturated rings. The number of carbonyl (C=O) groups is 2. The van der Waals surface area contributed by atoms with Crippen LogP contribution < -0.4 is 10.6 Å². The Morgan fingerprint density at radius 2 is 1.77 bits per heavy atom. The number of carbonyl (C=O) groups excluding carboxylic acids is 2. The number of benzene rings is 2. The highest BCUT2D eigenvalue weighted by atomic mass is 19.1. The molecule has 8 heteroatoms. The molecular weight excluding hydrogens is 392 g/mol. The van der Waals surface area contributed by atoms with Crippen LogP contribution in [0.4, 0.5) is 14.7 Å². The highest BCUT2D eigenvalue weighted by Gasteiger charge is 2.22. The number of hydrogen-bond acceptors (Lipinski definition) is 4. The SMILES string of the molecule is CCCC(NC(=O)Cc1cc(F)cc(F)c1)C(=O)Nc1cc(-c2ccccc2)no1. The predicted octanol–water partition coefficient (Wildman–Crippen LogP) is 4.09. The third-order valence-corrected chi connectivity index (χ3v) is 4.34. The van der Waals surface area contributed by atoms with E-state index in [0.717, 1.165) is 23.8 Å². The summed E-state index contributed by atoms with van der Waals surface area (Å²) in [6, 6.07) is 13.0. The van der Waals surface area contributed by atoms with E-state index in [4.69, 9.17) is 4.52 Å². The van der Waals surface area contributed by atoms with Crippen LogP contribution in [0.25, 0.3) is 11.3 Å². The number of anilines is 1. The molecule has 0 bridgehead atoms. The monoisotopic (exact) mass is 413 g/mol. The van der Waals surface area contributed by atoms with Gasteiger partial charge < -0.3 is 9.84 Å². The summed E-state index contributed by atoms with van der Waals surface area (Å²) < 4.78 is 31.8. The molecule has 156 valence electrons. The van der Waals surface area contributed by atoms with Crippen molar-refractivity contribution in [2.75, 3.05) is 5.32 Å². The molecular formula is C22H21F2N3O3. The Hall–Kier alpha value is -3.55. The lowest BCUT2D eigenvalue weighted by Gasteiger charge is -2.17. The van der Waals surface area contributed by atoms with Gasteiger partial charge in [-0.3, -0.25) is 14.9 Å². The zero-order valence-corrected chi connectivity index (χ0v) is 16.3. The van der Waals surface area contributed by atoms with E-state index in [-0.39, 0.29) is 17.9 Å². The molecule has 2 amide bonds. The molecule has 0 aliphatic carbocycles. The van der Waals surface area contributed by atoms with Gasteiger partial charge in [0, 0.05) is 17.7 Å². The van der Waals surface area contributed by atoms with Crippen molar-refractivity contribution in [3.8, 4) is 11.3 Å². The van der Waals surface area contributed by atoms with E-state index in [1.165, 1.54) is 0 Å². The van der Waals surface area contributed by atoms with E-state index in [0.29, 0.717) is 18.5 Å². The highest BCUT2D eigenvalue weighted by Crippen LogP contribution is 2.21. The standard InChI is InChI=1S/C22H21F2N3O3/c1-2-6-18(25-20(28)11-14-9-16(23)12-17(24)10-14)22(29)26-21-13-19(27-30-21)15-7-4-3-5-8-15/h3-5,7-10,12-13,18H,2,6,11H2,1H3,(H,25,28)(H,26,29). The van der Waals surface area contributed by atoms with Crippen LogP contribution in [0.15, 0.2) is 59.1 Å². The summed E-state index contributed by atoms with van der Waals surface area (Å²) in [7, 11) is 0. The topological polar surface area (TPSA) is 84.2 Å². The lowest BCUT2D eigenvalue weighted by molar-refractivity contribution is -0.126. The summed E-state index contributed by atoms with van der Waals surface area (Å²) in [5.41, 5.74) is 1.58. The van der Waals surface area contributed by atoms with E-state index in [9.17, 15) is 18.4 Å². The van der Waals surface area contributed by atoms with Crippen molar-refractivity contribution in [1.29, 1.82) is 0 Å². The van der Waals surface area contributed by atoms with Crippen LogP contribution in [0, 0.1) is 11.6 Å². The fourth-order valence-corrected chi connectivity index (χ4v) is 2.99. The second kappa shape index (κ2) is 9.78. The molecule has 2 N–H and O–H groups in total. The van der Waals surface area contributed by atoms with Crippen molar-refractivity contribution in [2.45, 2.75) is 32.2 Å². The summed E-state index contributed by atoms with van der Waals surface area (Å²) in [6.07, 6.45) is 0.774. The van der Waals surface area contributed by atoms with Crippen LogP contribution in [0.2, 0.25) is 0 Å². The van der Waals surface area contributed by atoms with Gasteiger partial charge in [-0.1, -0.05) is 48.8 Å². The Morgan fingerprint density at radius 1 is 1.07 bits per heavy atom. The zero-order valence-electron chi connectivity index (χ0n) is 16.3. The van der Waals surface area contributed by atoms with Crippen molar-refractivity contribution in [3.05, 3.63) is 71.8 Å². The summed E-state index contributed by atoms with van der Waals surface area (Å²) in [4.78, 5) is 24.9. The lowest BCUT2D eigenvalue weighted by Crippen LogP contribution is -2.44. The molecule has 0 spiro atoms. The van der Waals surface area contributed by atoms with E-state index >= 15 is 0 Å². The highest BCUT2D eigenvalue weighted by molar-refractivity contribution is 5.96. The summed E-state index contributed by atoms with van der Waals surface area (Å²) >= 11 is 0. The van der Waals surface area contributed by atoms with Crippen molar-refractivity contribution in [2.24, 2.45) is 0 Å². The predicted molar refractivity (Wildman–Crippen MR) is 107 cm³/mol. The summed E-state index contributed by atoms with van der Waals surface area (Å²) in [5, 5.41) is 9.14. The maximum atomic E-state index is 13.3. The Bertz CT molecular complexity index is 1000. The molecule has 1 unspecified atom stereocenters. The molecule has 0 aliphatic rings. The molecule has 30 heavy (non-hydrogen) atoms. The van der Waals surface area contributed by atoms with E-state index in [2.05, 4.69) is 15.8 Å². The minimum Gasteiger partial charge on any atom is -0.344 e. The Labute approximate surface area is 172 Å². The van der Waals surface area contributed by atoms with Gasteiger partial charge in [0.05, 0.1) is 6.42 Å². The molecule has 0 saturated carbocycles. The van der Waals surface area contributed by atoms with Gasteiger partial charge in [-0.25, -0.2) is 8.78 Å². The number of nitrogens with zero attached hydrogens (tertiary/aromatic N) is 1. The number of nitrogens with one attached hydrogen (secondary N) is 2. The first kappa shape index (κ1) is 21.2. The number of hydrogen-bond donors (Lipinski definition) is 2. The normalized spacial score (nSPS) is 11.7. The zero-order chi connectivity index (χ0) is 21.5. The first-order valence-electron chi connectivity index (χ1n) is 9.52. The molecule has 3 rings (SSSR count). The number of halogens is 2. The van der Waals surface area contributed by atoms with E-state index < -0.39 is 29.5 Å². The minimum absolute atomic E-state index is 0.154. The molecule has 0 aliphatic heterocycles. The van der Waals surface area contributed by atoms with Crippen molar-refractivity contribution < 1.29 is 22.9 Å². The van der Waals surface area contributed by atoms with Gasteiger partial charge in [0.1, 0.15) is 23.4 Å². The number of rotatable bonds is 8. The molecule has 0 radical (unpaired) electrons. The quantitative estimate of drug-likeness (QED) is 0.583. The molecule has 1 heterocycles. The largest absolute Gasteiger partial charge is 0.344 e. The second-order valence-corrected chi connectivity index (χ2v) is 6.79. The average Bonchev–Trinajstić information content (AvgIpc) is 3.16. The van der Waals surface area contributed by atoms with Crippen LogP contribution >= 0.6 is 0 Å². The van der Waals surface area contributed by atoms with Crippen LogP contribution in [0.5, 0.6) is 0 Å². The van der Waals surface area contributed by atoms with Gasteiger partial charge in [-0.15, -0.1) is 0 Å². The van der Waals surface area contributed by atoms with Crippen molar-refractivity contribution >= 4 is 17.7 Å². The van der Waals surface area contributed by atoms with E-state index in [1.54, 1.807) is 6.07 Å². The van der Waals surface area contributed by atoms with Gasteiger partial charge in [0.2, 0.25) is 17.7 Å². The van der Waals surface area contributed by atoms with Crippen LogP contribution in [0.3, 0.4) is 0 Å². The van der Waals surface area contributed by atoms with Gasteiger partial charge >= 0.3 is 0 Å². The Kier molecular flexibility index (Phi) is 6.90. The molecule has 6 nitrogen and oxygen atoms in total. The summed E-state index contributed by atoms with van der Waals surface area (Å²) in [6.45, 7) is 1.87. The van der Waals surface area contributed by atoms with Crippen molar-refractivity contribution in [3.63, 3.8) is 0 Å². The molecule has 2 aromatic carbocycles. The lowest BCUT2D eigenvalue weighted by atomic mass is 10.1. The van der Waals surface area contributed by atoms with Gasteiger partial charge in [0.25, 0.3) is 0 Å². The number of amides is 2. The van der Waals surface area contributed by atoms with Crippen LogP contribution in [0.1, 0.15) is 25.3 Å². The maximum absolute atomic E-state index is 13.3. The third kappa shape index (κ3) is 5.73. The van der Waals surface area contributed by atoms with Crippen LogP contribution in [-0.4, -0.2) is 23.0 Å². The first-order valence-corrected chi connectivity index (χ1v) is 9.52. The molecule has 0 saturated heterocycles. The number of aromatic nitrogens is 1. The van der Waals surface area contributed by atoms with Gasteiger partial charge in [-0.2, -0.15) is 0 Å². The van der Waals surface area contributed by atoms with Gasteiger partial charge in [-0.05, 0) is 24.1 Å².